The Morgan fingerprint density at radius 3 is 2.63 bits per heavy atom. The van der Waals surface area contributed by atoms with Crippen molar-refractivity contribution >= 4 is 23.3 Å². The summed E-state index contributed by atoms with van der Waals surface area (Å²) in [5.74, 6) is 1.49. The minimum absolute atomic E-state index is 0.321. The fraction of sp³-hybridized carbons (Fsp3) is 0.200. The summed E-state index contributed by atoms with van der Waals surface area (Å²) in [6.45, 7) is 4.47. The van der Waals surface area contributed by atoms with Gasteiger partial charge in [-0.2, -0.15) is 0 Å². The second kappa shape index (κ2) is 8.75. The van der Waals surface area contributed by atoms with Crippen molar-refractivity contribution in [3.05, 3.63) is 71.8 Å². The maximum atomic E-state index is 12.1. The largest absolute Gasteiger partial charge is 0.462 e. The number of hydrogen-bond donors (Lipinski definition) is 2. The van der Waals surface area contributed by atoms with Crippen LogP contribution in [0, 0.1) is 6.92 Å². The Kier molecular flexibility index (Phi) is 5.94. The van der Waals surface area contributed by atoms with E-state index in [9.17, 15) is 4.79 Å². The summed E-state index contributed by atoms with van der Waals surface area (Å²) in [6, 6.07) is 14.7. The Bertz CT molecular complexity index is 915. The molecular weight excluding hydrogens is 342 g/mol. The quantitative estimate of drug-likeness (QED) is 0.619. The van der Waals surface area contributed by atoms with Gasteiger partial charge >= 0.3 is 5.97 Å². The number of pyridine rings is 1. The van der Waals surface area contributed by atoms with Crippen LogP contribution in [0.1, 0.15) is 28.8 Å². The van der Waals surface area contributed by atoms with E-state index in [1.807, 2.05) is 37.3 Å². The van der Waals surface area contributed by atoms with Crippen LogP contribution in [0.4, 0.5) is 17.3 Å². The lowest BCUT2D eigenvalue weighted by molar-refractivity contribution is 0.0527. The van der Waals surface area contributed by atoms with E-state index in [1.54, 1.807) is 31.3 Å². The van der Waals surface area contributed by atoms with Crippen molar-refractivity contribution in [3.8, 4) is 0 Å². The van der Waals surface area contributed by atoms with Gasteiger partial charge in [0, 0.05) is 12.3 Å². The van der Waals surface area contributed by atoms with Crippen LogP contribution in [0.25, 0.3) is 0 Å². The van der Waals surface area contributed by atoms with Gasteiger partial charge in [-0.1, -0.05) is 18.2 Å². The van der Waals surface area contributed by atoms with Crippen LogP contribution in [-0.4, -0.2) is 27.5 Å². The first kappa shape index (κ1) is 18.3. The zero-order chi connectivity index (χ0) is 19.1. The number of aromatic nitrogens is 3. The summed E-state index contributed by atoms with van der Waals surface area (Å²) in [6.07, 6.45) is 1.75. The predicted octanol–water partition coefficient (Wildman–Crippen LogP) is 3.71. The number of aryl methyl sites for hydroxylation is 1. The highest BCUT2D eigenvalue weighted by molar-refractivity contribution is 5.96. The Morgan fingerprint density at radius 2 is 1.85 bits per heavy atom. The zero-order valence-electron chi connectivity index (χ0n) is 15.3. The van der Waals surface area contributed by atoms with Crippen LogP contribution in [0.15, 0.2) is 54.7 Å². The monoisotopic (exact) mass is 363 g/mol. The van der Waals surface area contributed by atoms with Crippen molar-refractivity contribution in [1.82, 2.24) is 15.0 Å². The number of para-hydroxylation sites is 1. The number of carbonyl (C=O) groups excluding carboxylic acids is 1. The van der Waals surface area contributed by atoms with Crippen molar-refractivity contribution in [1.29, 1.82) is 0 Å². The minimum atomic E-state index is -0.375. The van der Waals surface area contributed by atoms with E-state index in [-0.39, 0.29) is 5.97 Å². The molecule has 0 radical (unpaired) electrons. The van der Waals surface area contributed by atoms with Gasteiger partial charge < -0.3 is 15.4 Å². The highest BCUT2D eigenvalue weighted by atomic mass is 16.5. The highest BCUT2D eigenvalue weighted by Crippen LogP contribution is 2.22. The normalized spacial score (nSPS) is 10.3. The summed E-state index contributed by atoms with van der Waals surface area (Å²) in [4.78, 5) is 25.2. The molecule has 0 atom stereocenters. The molecule has 7 nitrogen and oxygen atoms in total. The molecule has 2 aromatic heterocycles. The van der Waals surface area contributed by atoms with Crippen molar-refractivity contribution in [2.24, 2.45) is 0 Å². The lowest BCUT2D eigenvalue weighted by Crippen LogP contribution is -2.09. The predicted molar refractivity (Wildman–Crippen MR) is 104 cm³/mol. The minimum Gasteiger partial charge on any atom is -0.462 e. The van der Waals surface area contributed by atoms with Gasteiger partial charge in [-0.05, 0) is 38.1 Å². The second-order valence-corrected chi connectivity index (χ2v) is 5.75. The van der Waals surface area contributed by atoms with Crippen LogP contribution in [0.3, 0.4) is 0 Å². The number of benzene rings is 1. The molecule has 0 saturated heterocycles. The van der Waals surface area contributed by atoms with Crippen LogP contribution >= 0.6 is 0 Å². The SMILES string of the molecule is CCOC(=O)c1ccccc1Nc1cc(NCc2ccccn2)nc(C)n1. The van der Waals surface area contributed by atoms with Crippen LogP contribution < -0.4 is 10.6 Å². The molecule has 27 heavy (non-hydrogen) atoms. The maximum absolute atomic E-state index is 12.1. The van der Waals surface area contributed by atoms with Gasteiger partial charge in [-0.15, -0.1) is 0 Å². The third-order valence-electron chi connectivity index (χ3n) is 3.70. The van der Waals surface area contributed by atoms with E-state index in [2.05, 4.69) is 25.6 Å². The second-order valence-electron chi connectivity index (χ2n) is 5.75. The molecule has 0 unspecified atom stereocenters. The third-order valence-corrected chi connectivity index (χ3v) is 3.70. The number of ether oxygens (including phenoxy) is 1. The fourth-order valence-corrected chi connectivity index (χ4v) is 2.52. The van der Waals surface area contributed by atoms with E-state index in [1.165, 1.54) is 0 Å². The number of nitrogens with zero attached hydrogens (tertiary/aromatic N) is 3. The molecule has 0 bridgehead atoms. The van der Waals surface area contributed by atoms with E-state index in [0.29, 0.717) is 41.9 Å². The summed E-state index contributed by atoms with van der Waals surface area (Å²) >= 11 is 0. The highest BCUT2D eigenvalue weighted by Gasteiger charge is 2.13. The van der Waals surface area contributed by atoms with Crippen LogP contribution in [0.5, 0.6) is 0 Å². The van der Waals surface area contributed by atoms with E-state index in [0.717, 1.165) is 5.69 Å². The molecule has 2 heterocycles. The molecule has 0 spiro atoms. The topological polar surface area (TPSA) is 89.0 Å². The number of esters is 1. The molecule has 3 aromatic rings. The lowest BCUT2D eigenvalue weighted by Gasteiger charge is -2.12. The molecule has 0 aliphatic carbocycles. The third kappa shape index (κ3) is 5.01. The van der Waals surface area contributed by atoms with E-state index < -0.39 is 0 Å². The number of nitrogens with one attached hydrogen (secondary N) is 2. The number of anilines is 3. The van der Waals surface area contributed by atoms with Crippen molar-refractivity contribution in [2.45, 2.75) is 20.4 Å². The Morgan fingerprint density at radius 1 is 1.07 bits per heavy atom. The maximum Gasteiger partial charge on any atom is 0.340 e. The zero-order valence-corrected chi connectivity index (χ0v) is 15.3. The lowest BCUT2D eigenvalue weighted by atomic mass is 10.2. The van der Waals surface area contributed by atoms with Crippen molar-refractivity contribution in [2.75, 3.05) is 17.2 Å². The van der Waals surface area contributed by atoms with Gasteiger partial charge in [0.2, 0.25) is 0 Å². The van der Waals surface area contributed by atoms with Gasteiger partial charge in [0.05, 0.1) is 30.1 Å². The average Bonchev–Trinajstić information content (AvgIpc) is 2.67. The first-order valence-electron chi connectivity index (χ1n) is 8.68. The molecule has 0 aliphatic heterocycles. The van der Waals surface area contributed by atoms with E-state index in [4.69, 9.17) is 4.74 Å². The molecule has 0 aliphatic rings. The van der Waals surface area contributed by atoms with Gasteiger partial charge in [0.1, 0.15) is 17.5 Å². The molecule has 0 saturated carbocycles. The Hall–Kier alpha value is -3.48. The smallest absolute Gasteiger partial charge is 0.340 e. The van der Waals surface area contributed by atoms with Gasteiger partial charge in [0.25, 0.3) is 0 Å². The Labute approximate surface area is 157 Å². The number of carbonyl (C=O) groups is 1. The molecular formula is C20H21N5O2. The van der Waals surface area contributed by atoms with Crippen molar-refractivity contribution < 1.29 is 9.53 Å². The van der Waals surface area contributed by atoms with Crippen LogP contribution in [-0.2, 0) is 11.3 Å². The van der Waals surface area contributed by atoms with Gasteiger partial charge in [-0.25, -0.2) is 14.8 Å². The molecule has 3 rings (SSSR count). The summed E-state index contributed by atoms with van der Waals surface area (Å²) in [7, 11) is 0. The van der Waals surface area contributed by atoms with Gasteiger partial charge in [-0.3, -0.25) is 4.98 Å². The van der Waals surface area contributed by atoms with Crippen molar-refractivity contribution in [3.63, 3.8) is 0 Å². The summed E-state index contributed by atoms with van der Waals surface area (Å²) in [5.41, 5.74) is 2.00. The molecule has 138 valence electrons. The first-order valence-corrected chi connectivity index (χ1v) is 8.68. The first-order chi connectivity index (χ1) is 13.2. The van der Waals surface area contributed by atoms with Crippen LogP contribution in [0.2, 0.25) is 0 Å². The Balaban J connectivity index is 1.78. The van der Waals surface area contributed by atoms with Gasteiger partial charge in [0.15, 0.2) is 0 Å². The fourth-order valence-electron chi connectivity index (χ4n) is 2.52. The molecule has 0 fully saturated rings. The average molecular weight is 363 g/mol. The summed E-state index contributed by atoms with van der Waals surface area (Å²) in [5, 5.41) is 6.42. The summed E-state index contributed by atoms with van der Waals surface area (Å²) < 4.78 is 5.11. The number of rotatable bonds is 7. The molecule has 0 amide bonds. The number of hydrogen-bond acceptors (Lipinski definition) is 7. The molecule has 7 heteroatoms. The molecule has 1 aromatic carbocycles. The van der Waals surface area contributed by atoms with E-state index >= 15 is 0 Å². The standard InChI is InChI=1S/C20H21N5O2/c1-3-27-20(26)16-9-4-5-10-17(16)25-19-12-18(23-14(2)24-19)22-13-15-8-6-7-11-21-15/h4-12H,3,13H2,1-2H3,(H2,22,23,24,25). The molecule has 2 N–H and O–H groups in total.